The standard InChI is InChI=1S/C11H9N3.Ru/c1-2-6-10(7-3-1)13-14-11-8-4-5-9-12-11;/h1-9H;. The van der Waals surface area contributed by atoms with Gasteiger partial charge < -0.3 is 0 Å². The average molecular weight is 284 g/mol. The molecule has 0 aliphatic heterocycles. The number of aromatic nitrogens is 1. The van der Waals surface area contributed by atoms with E-state index in [9.17, 15) is 0 Å². The van der Waals surface area contributed by atoms with Crippen LogP contribution in [0.3, 0.4) is 0 Å². The smallest absolute Gasteiger partial charge is 0.174 e. The Balaban J connectivity index is 0.00000112. The molecule has 0 N–H and O–H groups in total. The zero-order chi connectivity index (χ0) is 9.64. The molecular weight excluding hydrogens is 275 g/mol. The van der Waals surface area contributed by atoms with Crippen LogP contribution in [-0.4, -0.2) is 4.98 Å². The van der Waals surface area contributed by atoms with Crippen molar-refractivity contribution in [3.63, 3.8) is 0 Å². The Labute approximate surface area is 101 Å². The van der Waals surface area contributed by atoms with Crippen LogP contribution in [0.15, 0.2) is 65.0 Å². The van der Waals surface area contributed by atoms with Gasteiger partial charge in [0.1, 0.15) is 0 Å². The molecule has 15 heavy (non-hydrogen) atoms. The third-order valence-corrected chi connectivity index (χ3v) is 1.67. The van der Waals surface area contributed by atoms with Crippen LogP contribution < -0.4 is 0 Å². The summed E-state index contributed by atoms with van der Waals surface area (Å²) in [4.78, 5) is 4.03. The zero-order valence-corrected chi connectivity index (χ0v) is 9.63. The van der Waals surface area contributed by atoms with Gasteiger partial charge in [0.25, 0.3) is 0 Å². The summed E-state index contributed by atoms with van der Waals surface area (Å²) in [6.45, 7) is 0. The van der Waals surface area contributed by atoms with Crippen molar-refractivity contribution in [2.45, 2.75) is 0 Å². The van der Waals surface area contributed by atoms with E-state index in [1.54, 1.807) is 6.20 Å². The van der Waals surface area contributed by atoms with Crippen molar-refractivity contribution in [3.8, 4) is 0 Å². The molecule has 0 saturated heterocycles. The topological polar surface area (TPSA) is 37.6 Å². The minimum atomic E-state index is 0. The molecule has 1 heterocycles. The molecule has 0 radical (unpaired) electrons. The molecule has 1 aromatic carbocycles. The zero-order valence-electron chi connectivity index (χ0n) is 7.89. The third kappa shape index (κ3) is 3.68. The number of azo groups is 1. The van der Waals surface area contributed by atoms with Crippen LogP contribution in [0.5, 0.6) is 0 Å². The van der Waals surface area contributed by atoms with Gasteiger partial charge in [-0.05, 0) is 24.3 Å². The molecule has 0 aliphatic rings. The minimum Gasteiger partial charge on any atom is -0.236 e. The molecule has 1 aromatic heterocycles. The molecular formula is C11H9N3Ru. The molecule has 2 aromatic rings. The fourth-order valence-electron chi connectivity index (χ4n) is 1.02. The van der Waals surface area contributed by atoms with Gasteiger partial charge in [0, 0.05) is 25.7 Å². The van der Waals surface area contributed by atoms with Gasteiger partial charge in [-0.15, -0.1) is 10.2 Å². The van der Waals surface area contributed by atoms with Crippen LogP contribution >= 0.6 is 0 Å². The minimum absolute atomic E-state index is 0. The molecule has 2 rings (SSSR count). The summed E-state index contributed by atoms with van der Waals surface area (Å²) in [5.74, 6) is 0.622. The van der Waals surface area contributed by atoms with Crippen molar-refractivity contribution in [3.05, 3.63) is 54.7 Å². The number of pyridine rings is 1. The van der Waals surface area contributed by atoms with Gasteiger partial charge in [0.2, 0.25) is 0 Å². The van der Waals surface area contributed by atoms with Gasteiger partial charge in [-0.3, -0.25) is 0 Å². The normalized spacial score (nSPS) is 9.87. The average Bonchev–Trinajstić information content (AvgIpc) is 2.29. The fourth-order valence-corrected chi connectivity index (χ4v) is 1.02. The van der Waals surface area contributed by atoms with Crippen LogP contribution in [0.4, 0.5) is 11.5 Å². The quantitative estimate of drug-likeness (QED) is 0.614. The van der Waals surface area contributed by atoms with Crippen LogP contribution in [-0.2, 0) is 19.5 Å². The molecule has 76 valence electrons. The van der Waals surface area contributed by atoms with Gasteiger partial charge in [-0.2, -0.15) is 0 Å². The number of hydrogen-bond acceptors (Lipinski definition) is 3. The Morgan fingerprint density at radius 2 is 1.53 bits per heavy atom. The maximum Gasteiger partial charge on any atom is 0.174 e. The molecule has 0 atom stereocenters. The van der Waals surface area contributed by atoms with E-state index in [4.69, 9.17) is 0 Å². The molecule has 0 amide bonds. The third-order valence-electron chi connectivity index (χ3n) is 1.67. The van der Waals surface area contributed by atoms with E-state index < -0.39 is 0 Å². The summed E-state index contributed by atoms with van der Waals surface area (Å²) >= 11 is 0. The first-order valence-corrected chi connectivity index (χ1v) is 4.33. The fraction of sp³-hybridized carbons (Fsp3) is 0. The van der Waals surface area contributed by atoms with E-state index in [2.05, 4.69) is 15.2 Å². The van der Waals surface area contributed by atoms with Gasteiger partial charge >= 0.3 is 0 Å². The Kier molecular flexibility index (Phi) is 4.78. The van der Waals surface area contributed by atoms with Crippen LogP contribution in [0.1, 0.15) is 0 Å². The van der Waals surface area contributed by atoms with Crippen molar-refractivity contribution in [2.75, 3.05) is 0 Å². The van der Waals surface area contributed by atoms with E-state index >= 15 is 0 Å². The summed E-state index contributed by atoms with van der Waals surface area (Å²) < 4.78 is 0. The Hall–Kier alpha value is -1.41. The van der Waals surface area contributed by atoms with Gasteiger partial charge in [0.15, 0.2) is 5.82 Å². The molecule has 0 fully saturated rings. The summed E-state index contributed by atoms with van der Waals surface area (Å²) in [5.41, 5.74) is 0.832. The number of rotatable bonds is 2. The first kappa shape index (κ1) is 11.7. The second-order valence-electron chi connectivity index (χ2n) is 2.72. The second-order valence-corrected chi connectivity index (χ2v) is 2.72. The predicted molar refractivity (Wildman–Crippen MR) is 54.9 cm³/mol. The first-order valence-electron chi connectivity index (χ1n) is 4.33. The summed E-state index contributed by atoms with van der Waals surface area (Å²) in [6, 6.07) is 15.1. The first-order chi connectivity index (χ1) is 6.95. The molecule has 0 bridgehead atoms. The van der Waals surface area contributed by atoms with Gasteiger partial charge in [-0.25, -0.2) is 4.98 Å². The number of nitrogens with zero attached hydrogens (tertiary/aromatic N) is 3. The largest absolute Gasteiger partial charge is 0.236 e. The van der Waals surface area contributed by atoms with E-state index in [-0.39, 0.29) is 19.5 Å². The molecule has 0 aliphatic carbocycles. The molecule has 3 nitrogen and oxygen atoms in total. The van der Waals surface area contributed by atoms with E-state index in [0.717, 1.165) is 5.69 Å². The van der Waals surface area contributed by atoms with Crippen molar-refractivity contribution < 1.29 is 19.5 Å². The van der Waals surface area contributed by atoms with Gasteiger partial charge in [-0.1, -0.05) is 24.3 Å². The van der Waals surface area contributed by atoms with Gasteiger partial charge in [0.05, 0.1) is 5.69 Å². The van der Waals surface area contributed by atoms with E-state index in [1.165, 1.54) is 0 Å². The Morgan fingerprint density at radius 1 is 0.800 bits per heavy atom. The van der Waals surface area contributed by atoms with Crippen LogP contribution in [0.25, 0.3) is 0 Å². The molecule has 0 spiro atoms. The van der Waals surface area contributed by atoms with Crippen LogP contribution in [0, 0.1) is 0 Å². The summed E-state index contributed by atoms with van der Waals surface area (Å²) in [7, 11) is 0. The van der Waals surface area contributed by atoms with Crippen molar-refractivity contribution in [2.24, 2.45) is 10.2 Å². The second kappa shape index (κ2) is 6.15. The van der Waals surface area contributed by atoms with Crippen molar-refractivity contribution in [1.29, 1.82) is 0 Å². The van der Waals surface area contributed by atoms with Crippen LogP contribution in [0.2, 0.25) is 0 Å². The number of hydrogen-bond donors (Lipinski definition) is 0. The molecule has 0 unspecified atom stereocenters. The maximum absolute atomic E-state index is 4.04. The predicted octanol–water partition coefficient (Wildman–Crippen LogP) is 3.49. The van der Waals surface area contributed by atoms with Crippen molar-refractivity contribution in [1.82, 2.24) is 4.98 Å². The Morgan fingerprint density at radius 3 is 2.20 bits per heavy atom. The van der Waals surface area contributed by atoms with E-state index in [0.29, 0.717) is 5.82 Å². The summed E-state index contributed by atoms with van der Waals surface area (Å²) in [5, 5.41) is 8.03. The monoisotopic (exact) mass is 285 g/mol. The molecule has 4 heteroatoms. The SMILES string of the molecule is [Ru].c1ccc(N=Nc2ccccn2)cc1. The molecule has 0 saturated carbocycles. The maximum atomic E-state index is 4.04. The summed E-state index contributed by atoms with van der Waals surface area (Å²) in [6.07, 6.45) is 1.69. The van der Waals surface area contributed by atoms with E-state index in [1.807, 2.05) is 48.5 Å². The number of benzene rings is 1. The van der Waals surface area contributed by atoms with Crippen molar-refractivity contribution >= 4 is 11.5 Å². The Bertz CT molecular complexity index is 373.